The number of aryl methyl sites for hydroxylation is 1. The van der Waals surface area contributed by atoms with Crippen LogP contribution >= 0.6 is 11.3 Å². The van der Waals surface area contributed by atoms with E-state index in [9.17, 15) is 0 Å². The number of ketones is 1. The molecular formula is C52H101NO5SSi4. The first-order chi connectivity index (χ1) is 28.2. The van der Waals surface area contributed by atoms with E-state index < -0.39 is 38.7 Å². The number of hydrogen-bond acceptors (Lipinski definition) is 7. The maximum Gasteiger partial charge on any atom is 0.192 e. The van der Waals surface area contributed by atoms with Crippen molar-refractivity contribution < 1.29 is 22.5 Å². The highest BCUT2D eigenvalue weighted by atomic mass is 32.1. The van der Waals surface area contributed by atoms with Crippen LogP contribution in [-0.2, 0) is 22.5 Å². The van der Waals surface area contributed by atoms with Gasteiger partial charge in [-0.2, -0.15) is 0 Å². The SMILES string of the molecule is C/C(=C/C[C@H](O[Si](C)(C)C(C)(C)C)/C(C)=C/c1csc(C)n1)CCC[C@H](C)C(O[Si](C)(C)C(C)(C)C)[C@@H](C)C(=O)C1([C@H](CCO[Si](C)(C)C(C)(C)C)O[Si](C)(C)C(C)(C)C)CCC1. The van der Waals surface area contributed by atoms with E-state index in [1.54, 1.807) is 11.3 Å². The van der Waals surface area contributed by atoms with E-state index >= 15 is 4.79 Å². The van der Waals surface area contributed by atoms with Crippen molar-refractivity contribution in [2.24, 2.45) is 17.3 Å². The van der Waals surface area contributed by atoms with Crippen LogP contribution in [0.3, 0.4) is 0 Å². The Morgan fingerprint density at radius 2 is 1.25 bits per heavy atom. The van der Waals surface area contributed by atoms with Gasteiger partial charge in [0.05, 0.1) is 34.4 Å². The Bertz CT molecular complexity index is 1680. The molecule has 1 unspecified atom stereocenters. The molecule has 1 aromatic heterocycles. The Balaban J connectivity index is 2.43. The molecule has 1 heterocycles. The van der Waals surface area contributed by atoms with Gasteiger partial charge in [-0.3, -0.25) is 4.79 Å². The van der Waals surface area contributed by atoms with Gasteiger partial charge in [-0.25, -0.2) is 4.98 Å². The monoisotopic (exact) mass is 964 g/mol. The summed E-state index contributed by atoms with van der Waals surface area (Å²) in [5.74, 6) is 0.355. The fraction of sp³-hybridized carbons (Fsp3) is 0.846. The van der Waals surface area contributed by atoms with E-state index in [-0.39, 0.29) is 50.3 Å². The van der Waals surface area contributed by atoms with Crippen LogP contribution in [-0.4, -0.2) is 69.0 Å². The summed E-state index contributed by atoms with van der Waals surface area (Å²) in [4.78, 5) is 20.2. The van der Waals surface area contributed by atoms with Gasteiger partial charge in [-0.05, 0) is 156 Å². The minimum atomic E-state index is -2.22. The van der Waals surface area contributed by atoms with Crippen LogP contribution in [0.25, 0.3) is 6.08 Å². The smallest absolute Gasteiger partial charge is 0.192 e. The summed E-state index contributed by atoms with van der Waals surface area (Å²) >= 11 is 1.69. The molecule has 11 heteroatoms. The second kappa shape index (κ2) is 21.8. The summed E-state index contributed by atoms with van der Waals surface area (Å²) in [5.41, 5.74) is 3.14. The summed E-state index contributed by atoms with van der Waals surface area (Å²) in [5, 5.41) is 3.54. The van der Waals surface area contributed by atoms with Crippen molar-refractivity contribution in [3.63, 3.8) is 0 Å². The number of Topliss-reactive ketones (excluding diaryl/α,β-unsaturated/α-hetero) is 1. The molecule has 1 fully saturated rings. The Morgan fingerprint density at radius 3 is 1.70 bits per heavy atom. The van der Waals surface area contributed by atoms with Crippen molar-refractivity contribution in [3.05, 3.63) is 33.3 Å². The second-order valence-electron chi connectivity index (χ2n) is 26.0. The first-order valence-corrected chi connectivity index (χ1v) is 37.2. The standard InChI is InChI=1S/C52H101NO5SSi4/c1-38(30-31-44(56-61(20,21)49(9,10)11)40(3)36-43-37-59-42(5)53-43)28-26-29-39(2)46(58-63(24,25)51(15,16)17)41(4)47(54)52(33-27-34-52)45(57-62(22,23)50(12,13)14)32-35-55-60(18,19)48(6,7)8/h30,36-37,39,41,44-46H,26-29,31-35H2,1-25H3/b38-30-,40-36+/t39-,41+,44-,45-,46?/m0/s1. The molecule has 0 spiro atoms. The molecule has 0 aliphatic heterocycles. The molecule has 0 aromatic carbocycles. The lowest BCUT2D eigenvalue weighted by Crippen LogP contribution is -2.58. The third-order valence-electron chi connectivity index (χ3n) is 16.6. The molecule has 1 aromatic rings. The third kappa shape index (κ3) is 15.8. The summed E-state index contributed by atoms with van der Waals surface area (Å²) < 4.78 is 28.7. The number of rotatable bonds is 23. The normalized spacial score (nSPS) is 19.1. The highest BCUT2D eigenvalue weighted by Crippen LogP contribution is 2.53. The molecule has 5 atom stereocenters. The van der Waals surface area contributed by atoms with Crippen molar-refractivity contribution in [3.8, 4) is 0 Å². The van der Waals surface area contributed by atoms with Gasteiger partial charge in [0.15, 0.2) is 33.3 Å². The van der Waals surface area contributed by atoms with Crippen molar-refractivity contribution in [1.82, 2.24) is 4.98 Å². The van der Waals surface area contributed by atoms with Gasteiger partial charge in [0.25, 0.3) is 0 Å². The molecule has 366 valence electrons. The Hall–Kier alpha value is -0.512. The molecule has 0 amide bonds. The van der Waals surface area contributed by atoms with Gasteiger partial charge >= 0.3 is 0 Å². The zero-order valence-corrected chi connectivity index (χ0v) is 50.7. The van der Waals surface area contributed by atoms with Crippen LogP contribution in [0.1, 0.15) is 173 Å². The maximum atomic E-state index is 15.5. The van der Waals surface area contributed by atoms with Crippen molar-refractivity contribution in [2.75, 3.05) is 6.61 Å². The van der Waals surface area contributed by atoms with E-state index in [1.807, 2.05) is 0 Å². The third-order valence-corrected chi connectivity index (χ3v) is 35.4. The van der Waals surface area contributed by atoms with Crippen molar-refractivity contribution >= 4 is 56.5 Å². The Morgan fingerprint density at radius 1 is 0.762 bits per heavy atom. The summed E-state index contributed by atoms with van der Waals surface area (Å²) in [6.45, 7) is 58.2. The van der Waals surface area contributed by atoms with Gasteiger partial charge < -0.3 is 17.7 Å². The predicted molar refractivity (Wildman–Crippen MR) is 286 cm³/mol. The number of carbonyl (C=O) groups is 1. The van der Waals surface area contributed by atoms with Gasteiger partial charge in [0.1, 0.15) is 5.78 Å². The molecule has 0 N–H and O–H groups in total. The molecule has 0 bridgehead atoms. The molecule has 63 heavy (non-hydrogen) atoms. The highest BCUT2D eigenvalue weighted by molar-refractivity contribution is 7.09. The van der Waals surface area contributed by atoms with Crippen LogP contribution in [0.2, 0.25) is 72.5 Å². The van der Waals surface area contributed by atoms with Crippen LogP contribution < -0.4 is 0 Å². The summed E-state index contributed by atoms with van der Waals surface area (Å²) in [6.07, 6.45) is 11.9. The highest BCUT2D eigenvalue weighted by Gasteiger charge is 2.56. The van der Waals surface area contributed by atoms with Gasteiger partial charge in [0, 0.05) is 17.9 Å². The van der Waals surface area contributed by atoms with E-state index in [0.29, 0.717) is 12.4 Å². The minimum Gasteiger partial charge on any atom is -0.417 e. The molecule has 2 rings (SSSR count). The first-order valence-electron chi connectivity index (χ1n) is 24.7. The van der Waals surface area contributed by atoms with Crippen molar-refractivity contribution in [1.29, 1.82) is 0 Å². The average molecular weight is 965 g/mol. The fourth-order valence-corrected chi connectivity index (χ4v) is 13.5. The molecule has 1 saturated carbocycles. The molecule has 1 aliphatic rings. The summed E-state index contributed by atoms with van der Waals surface area (Å²) in [7, 11) is -8.42. The number of nitrogens with zero attached hydrogens (tertiary/aromatic N) is 1. The molecule has 0 saturated heterocycles. The van der Waals surface area contributed by atoms with Crippen molar-refractivity contribution in [2.45, 2.75) is 260 Å². The Labute approximate surface area is 398 Å². The van der Waals surface area contributed by atoms with E-state index in [1.165, 1.54) is 11.1 Å². The molecular weight excluding hydrogens is 863 g/mol. The number of carbonyl (C=O) groups excluding carboxylic acids is 1. The lowest BCUT2D eigenvalue weighted by molar-refractivity contribution is -0.152. The van der Waals surface area contributed by atoms with Crippen LogP contribution in [0.5, 0.6) is 0 Å². The first kappa shape index (κ1) is 58.6. The van der Waals surface area contributed by atoms with E-state index in [0.717, 1.165) is 62.1 Å². The maximum absolute atomic E-state index is 15.5. The predicted octanol–water partition coefficient (Wildman–Crippen LogP) is 17.0. The molecule has 1 aliphatic carbocycles. The average Bonchev–Trinajstić information content (AvgIpc) is 3.49. The van der Waals surface area contributed by atoms with Gasteiger partial charge in [-0.1, -0.05) is 115 Å². The fourth-order valence-electron chi connectivity index (χ4n) is 7.64. The zero-order chi connectivity index (χ0) is 49.0. The lowest BCUT2D eigenvalue weighted by atomic mass is 9.59. The number of hydrogen-bond donors (Lipinski definition) is 0. The van der Waals surface area contributed by atoms with E-state index in [2.05, 4.69) is 188 Å². The quantitative estimate of drug-likeness (QED) is 0.0804. The van der Waals surface area contributed by atoms with Crippen LogP contribution in [0, 0.1) is 24.2 Å². The zero-order valence-electron chi connectivity index (χ0n) is 45.9. The number of thiazole rings is 1. The van der Waals surface area contributed by atoms with Crippen LogP contribution in [0.15, 0.2) is 22.6 Å². The van der Waals surface area contributed by atoms with Gasteiger partial charge in [-0.15, -0.1) is 11.3 Å². The topological polar surface area (TPSA) is 66.9 Å². The van der Waals surface area contributed by atoms with E-state index in [4.69, 9.17) is 22.7 Å². The number of aromatic nitrogens is 1. The summed E-state index contributed by atoms with van der Waals surface area (Å²) in [6, 6.07) is 0. The number of allylic oxidation sites excluding steroid dienone is 1. The minimum absolute atomic E-state index is 0.0119. The van der Waals surface area contributed by atoms with Gasteiger partial charge in [0.2, 0.25) is 0 Å². The lowest BCUT2D eigenvalue weighted by Gasteiger charge is -2.52. The largest absolute Gasteiger partial charge is 0.417 e. The Kier molecular flexibility index (Phi) is 20.3. The molecule has 0 radical (unpaired) electrons. The molecule has 6 nitrogen and oxygen atoms in total. The van der Waals surface area contributed by atoms with Crippen LogP contribution in [0.4, 0.5) is 0 Å². The second-order valence-corrected chi connectivity index (χ2v) is 46.1.